The number of esters is 1. The Bertz CT molecular complexity index is 1490. The molecule has 0 spiro atoms. The molecule has 0 radical (unpaired) electrons. The van der Waals surface area contributed by atoms with Crippen molar-refractivity contribution < 1.29 is 22.7 Å². The minimum Gasteiger partial charge on any atom is -0.419 e. The van der Waals surface area contributed by atoms with E-state index in [2.05, 4.69) is 5.32 Å². The zero-order valence-electron chi connectivity index (χ0n) is 17.8. The number of carbonyl (C=O) groups excluding carboxylic acids is 2. The highest BCUT2D eigenvalue weighted by Gasteiger charge is 2.40. The highest BCUT2D eigenvalue weighted by molar-refractivity contribution is 7.89. The quantitative estimate of drug-likeness (QED) is 0.431. The first kappa shape index (κ1) is 23.1. The van der Waals surface area contributed by atoms with Crippen molar-refractivity contribution in [2.24, 2.45) is 0 Å². The van der Waals surface area contributed by atoms with Gasteiger partial charge in [-0.25, -0.2) is 13.2 Å². The number of nitrogens with zero attached hydrogens (tertiary/aromatic N) is 1. The molecule has 1 aromatic heterocycles. The van der Waals surface area contributed by atoms with Crippen molar-refractivity contribution in [3.63, 3.8) is 0 Å². The second-order valence-corrected chi connectivity index (χ2v) is 9.93. The predicted molar refractivity (Wildman–Crippen MR) is 129 cm³/mol. The number of hydrogen-bond donors (Lipinski definition) is 1. The summed E-state index contributed by atoms with van der Waals surface area (Å²) in [6.45, 7) is 0. The van der Waals surface area contributed by atoms with Gasteiger partial charge in [0.25, 0.3) is 15.9 Å². The van der Waals surface area contributed by atoms with Crippen molar-refractivity contribution in [1.29, 1.82) is 0 Å². The Morgan fingerprint density at radius 2 is 1.68 bits per heavy atom. The first-order valence-corrected chi connectivity index (χ1v) is 12.3. The zero-order valence-corrected chi connectivity index (χ0v) is 19.4. The molecular formula is C24H18N2O6S2. The lowest BCUT2D eigenvalue weighted by atomic mass is 10.2. The number of nitrogens with one attached hydrogen (secondary N) is 1. The average Bonchev–Trinajstić information content (AvgIpc) is 3.24. The van der Waals surface area contributed by atoms with Crippen LogP contribution >= 0.6 is 11.3 Å². The molecule has 10 heteroatoms. The maximum atomic E-state index is 13.2. The predicted octanol–water partition coefficient (Wildman–Crippen LogP) is 3.31. The van der Waals surface area contributed by atoms with Gasteiger partial charge in [0, 0.05) is 13.1 Å². The summed E-state index contributed by atoms with van der Waals surface area (Å²) in [4.78, 5) is 38.1. The number of thiophene rings is 1. The van der Waals surface area contributed by atoms with Gasteiger partial charge in [-0.1, -0.05) is 48.5 Å². The molecule has 0 saturated heterocycles. The first-order chi connectivity index (χ1) is 16.3. The van der Waals surface area contributed by atoms with E-state index in [0.717, 1.165) is 21.2 Å². The molecule has 0 unspecified atom stereocenters. The fourth-order valence-electron chi connectivity index (χ4n) is 3.20. The number of ether oxygens (including phenoxy) is 1. The number of benzene rings is 1. The molecular weight excluding hydrogens is 476 g/mol. The van der Waals surface area contributed by atoms with Crippen LogP contribution in [0.4, 0.5) is 5.69 Å². The highest BCUT2D eigenvalue weighted by atomic mass is 32.2. The molecule has 0 saturated carbocycles. The second kappa shape index (κ2) is 9.46. The third-order valence-electron chi connectivity index (χ3n) is 4.88. The van der Waals surface area contributed by atoms with E-state index in [9.17, 15) is 22.8 Å². The summed E-state index contributed by atoms with van der Waals surface area (Å²) in [6, 6.07) is 17.7. The maximum absolute atomic E-state index is 13.2. The third kappa shape index (κ3) is 4.54. The number of rotatable bonds is 5. The van der Waals surface area contributed by atoms with Gasteiger partial charge in [0.15, 0.2) is 11.5 Å². The topological polar surface area (TPSA) is 110 Å². The largest absolute Gasteiger partial charge is 0.419 e. The molecule has 2 heterocycles. The molecule has 0 aliphatic carbocycles. The van der Waals surface area contributed by atoms with Crippen LogP contribution < -0.4 is 10.7 Å². The summed E-state index contributed by atoms with van der Waals surface area (Å²) in [6.07, 6.45) is 2.72. The molecule has 8 nitrogen and oxygen atoms in total. The van der Waals surface area contributed by atoms with E-state index in [1.807, 2.05) is 18.2 Å². The van der Waals surface area contributed by atoms with Crippen LogP contribution in [0.15, 0.2) is 93.6 Å². The molecule has 1 aliphatic heterocycles. The summed E-state index contributed by atoms with van der Waals surface area (Å²) in [5.74, 6) is -1.93. The van der Waals surface area contributed by atoms with E-state index in [1.165, 1.54) is 48.8 Å². The lowest BCUT2D eigenvalue weighted by Crippen LogP contribution is -2.37. The monoisotopic (exact) mass is 494 g/mol. The van der Waals surface area contributed by atoms with Gasteiger partial charge in [0.1, 0.15) is 4.90 Å². The van der Waals surface area contributed by atoms with Gasteiger partial charge in [-0.05, 0) is 35.2 Å². The van der Waals surface area contributed by atoms with Gasteiger partial charge in [-0.15, -0.1) is 11.3 Å². The van der Waals surface area contributed by atoms with Crippen molar-refractivity contribution in [3.8, 4) is 0 Å². The lowest BCUT2D eigenvalue weighted by molar-refractivity contribution is -0.131. The minimum absolute atomic E-state index is 0.0556. The molecule has 2 aromatic carbocycles. The normalized spacial score (nSPS) is 14.6. The molecule has 0 bridgehead atoms. The fourth-order valence-corrected chi connectivity index (χ4v) is 5.79. The zero-order chi connectivity index (χ0) is 24.3. The van der Waals surface area contributed by atoms with Crippen LogP contribution in [0.5, 0.6) is 0 Å². The average molecular weight is 495 g/mol. The fraction of sp³-hybridized carbons (Fsp3) is 0.0417. The van der Waals surface area contributed by atoms with Gasteiger partial charge < -0.3 is 10.1 Å². The van der Waals surface area contributed by atoms with Crippen molar-refractivity contribution in [2.45, 2.75) is 4.90 Å². The van der Waals surface area contributed by atoms with Crippen LogP contribution in [0.25, 0.3) is 11.8 Å². The van der Waals surface area contributed by atoms with E-state index >= 15 is 0 Å². The Morgan fingerprint density at radius 3 is 2.41 bits per heavy atom. The first-order valence-electron chi connectivity index (χ1n) is 9.96. The van der Waals surface area contributed by atoms with Gasteiger partial charge in [0.05, 0.1) is 10.6 Å². The molecule has 34 heavy (non-hydrogen) atoms. The molecule has 3 aromatic rings. The molecule has 4 rings (SSSR count). The van der Waals surface area contributed by atoms with Gasteiger partial charge in [-0.3, -0.25) is 13.9 Å². The number of hydrogen-bond acceptors (Lipinski definition) is 7. The van der Waals surface area contributed by atoms with E-state index in [-0.39, 0.29) is 21.2 Å². The Labute approximate surface area is 199 Å². The third-order valence-corrected chi connectivity index (χ3v) is 7.72. The Hall–Kier alpha value is -4.02. The van der Waals surface area contributed by atoms with E-state index < -0.39 is 33.0 Å². The van der Waals surface area contributed by atoms with Crippen molar-refractivity contribution >= 4 is 50.8 Å². The van der Waals surface area contributed by atoms with Crippen LogP contribution in [0.3, 0.4) is 0 Å². The molecule has 1 amide bonds. The maximum Gasteiger partial charge on any atom is 0.336 e. The van der Waals surface area contributed by atoms with E-state index in [1.54, 1.807) is 24.3 Å². The lowest BCUT2D eigenvalue weighted by Gasteiger charge is -2.28. The van der Waals surface area contributed by atoms with Crippen LogP contribution in [0.1, 0.15) is 10.4 Å². The summed E-state index contributed by atoms with van der Waals surface area (Å²) in [5, 5.41) is 3.96. The van der Waals surface area contributed by atoms with E-state index in [4.69, 9.17) is 4.74 Å². The molecule has 1 aliphatic rings. The smallest absolute Gasteiger partial charge is 0.336 e. The molecule has 0 fully saturated rings. The number of anilines is 1. The summed E-state index contributed by atoms with van der Waals surface area (Å²) >= 11 is 1.02. The van der Waals surface area contributed by atoms with Crippen LogP contribution in [0, 0.1) is 0 Å². The molecule has 1 N–H and O–H groups in total. The van der Waals surface area contributed by atoms with Gasteiger partial charge in [-0.2, -0.15) is 0 Å². The number of amides is 1. The summed E-state index contributed by atoms with van der Waals surface area (Å²) in [7, 11) is -2.89. The minimum atomic E-state index is -4.07. The van der Waals surface area contributed by atoms with Crippen LogP contribution in [-0.2, 0) is 24.3 Å². The second-order valence-electron chi connectivity index (χ2n) is 7.07. The van der Waals surface area contributed by atoms with Crippen molar-refractivity contribution in [2.75, 3.05) is 12.4 Å². The Balaban J connectivity index is 1.76. The van der Waals surface area contributed by atoms with E-state index in [0.29, 0.717) is 0 Å². The SMILES string of the molecule is CN1C(C(=O)Nc2cccccc2=O)=C(OC(=O)/C=C/c2ccccc2)c2sccc2S1(=O)=O. The standard InChI is InChI=1S/C24H18N2O6S2/c1-26-21(24(29)25-17-10-6-3-7-11-18(17)27)22(23-19(14-15-33-23)34(26,30)31)32-20(28)13-12-16-8-4-2-5-9-16/h2-15H,1H3,(H,25,27,29)/b13-12+. The number of fused-ring (bicyclic) bond motifs is 1. The van der Waals surface area contributed by atoms with Crippen molar-refractivity contribution in [3.05, 3.63) is 105 Å². The van der Waals surface area contributed by atoms with Crippen LogP contribution in [0.2, 0.25) is 0 Å². The highest BCUT2D eigenvalue weighted by Crippen LogP contribution is 2.40. The van der Waals surface area contributed by atoms with Gasteiger partial charge >= 0.3 is 5.97 Å². The number of sulfonamides is 1. The summed E-state index contributed by atoms with van der Waals surface area (Å²) in [5.41, 5.74) is -0.185. The molecule has 0 atom stereocenters. The molecule has 172 valence electrons. The number of likely N-dealkylation sites (N-methyl/N-ethyl adjacent to an activating group) is 1. The van der Waals surface area contributed by atoms with Gasteiger partial charge in [0.2, 0.25) is 5.43 Å². The number of carbonyl (C=O) groups is 2. The van der Waals surface area contributed by atoms with Crippen LogP contribution in [-0.4, -0.2) is 31.6 Å². The summed E-state index contributed by atoms with van der Waals surface area (Å²) < 4.78 is 32.2. The Kier molecular flexibility index (Phi) is 6.44. The van der Waals surface area contributed by atoms with Crippen molar-refractivity contribution in [1.82, 2.24) is 4.31 Å². The Morgan fingerprint density at radius 1 is 1.00 bits per heavy atom.